The fourth-order valence-corrected chi connectivity index (χ4v) is 3.31. The van der Waals surface area contributed by atoms with E-state index in [1.54, 1.807) is 36.4 Å². The zero-order chi connectivity index (χ0) is 21.7. The molecule has 0 aliphatic rings. The summed E-state index contributed by atoms with van der Waals surface area (Å²) in [4.78, 5) is 24.8. The monoisotopic (exact) mass is 464 g/mol. The van der Waals surface area contributed by atoms with E-state index in [0.717, 1.165) is 17.3 Å². The van der Waals surface area contributed by atoms with Crippen molar-refractivity contribution in [2.24, 2.45) is 0 Å². The van der Waals surface area contributed by atoms with Crippen LogP contribution in [0.5, 0.6) is 0 Å². The quantitative estimate of drug-likeness (QED) is 0.481. The van der Waals surface area contributed by atoms with E-state index >= 15 is 0 Å². The number of rotatable bonds is 7. The van der Waals surface area contributed by atoms with E-state index in [2.05, 4.69) is 20.8 Å². The zero-order valence-electron chi connectivity index (χ0n) is 16.1. The van der Waals surface area contributed by atoms with Crippen LogP contribution in [0, 0.1) is 0 Å². The van der Waals surface area contributed by atoms with Gasteiger partial charge in [0, 0.05) is 21.7 Å². The van der Waals surface area contributed by atoms with Crippen molar-refractivity contribution < 1.29 is 14.0 Å². The van der Waals surface area contributed by atoms with Gasteiger partial charge in [-0.15, -0.1) is 10.2 Å². The highest BCUT2D eigenvalue weighted by Gasteiger charge is 2.16. The molecule has 1 aromatic heterocycles. The highest BCUT2D eigenvalue weighted by Crippen LogP contribution is 2.25. The predicted octanol–water partition coefficient (Wildman–Crippen LogP) is 4.91. The largest absolute Gasteiger partial charge is 0.411 e. The summed E-state index contributed by atoms with van der Waals surface area (Å²) in [6, 6.07) is 11.6. The van der Waals surface area contributed by atoms with Crippen LogP contribution in [-0.2, 0) is 4.79 Å². The molecular weight excluding hydrogens is 447 g/mol. The molecule has 0 bridgehead atoms. The Morgan fingerprint density at radius 1 is 1.07 bits per heavy atom. The second-order valence-electron chi connectivity index (χ2n) is 6.53. The van der Waals surface area contributed by atoms with Crippen LogP contribution in [0.2, 0.25) is 10.0 Å². The van der Waals surface area contributed by atoms with Crippen molar-refractivity contribution in [2.45, 2.75) is 25.1 Å². The van der Waals surface area contributed by atoms with E-state index in [4.69, 9.17) is 27.6 Å². The van der Waals surface area contributed by atoms with Gasteiger partial charge in [0.25, 0.3) is 11.1 Å². The Hall–Kier alpha value is -2.55. The van der Waals surface area contributed by atoms with Crippen LogP contribution < -0.4 is 10.6 Å². The fourth-order valence-electron chi connectivity index (χ4n) is 2.45. The predicted molar refractivity (Wildman–Crippen MR) is 118 cm³/mol. The number of halogens is 2. The third kappa shape index (κ3) is 5.98. The smallest absolute Gasteiger partial charge is 0.277 e. The van der Waals surface area contributed by atoms with Crippen LogP contribution in [0.4, 0.5) is 5.69 Å². The Morgan fingerprint density at radius 2 is 1.77 bits per heavy atom. The van der Waals surface area contributed by atoms with Gasteiger partial charge in [0.2, 0.25) is 11.8 Å². The van der Waals surface area contributed by atoms with Crippen LogP contribution in [0.3, 0.4) is 0 Å². The van der Waals surface area contributed by atoms with Gasteiger partial charge in [-0.3, -0.25) is 9.59 Å². The topological polar surface area (TPSA) is 97.1 Å². The summed E-state index contributed by atoms with van der Waals surface area (Å²) in [7, 11) is 0. The molecule has 0 radical (unpaired) electrons. The lowest BCUT2D eigenvalue weighted by Crippen LogP contribution is -2.31. The van der Waals surface area contributed by atoms with Gasteiger partial charge in [-0.1, -0.05) is 35.0 Å². The van der Waals surface area contributed by atoms with Crippen molar-refractivity contribution in [3.8, 4) is 11.5 Å². The number of amides is 2. The fraction of sp³-hybridized carbons (Fsp3) is 0.200. The van der Waals surface area contributed by atoms with Crippen molar-refractivity contribution in [1.82, 2.24) is 15.5 Å². The molecule has 0 saturated heterocycles. The van der Waals surface area contributed by atoms with Gasteiger partial charge in [-0.2, -0.15) is 0 Å². The number of carbonyl (C=O) groups excluding carboxylic acids is 2. The maximum absolute atomic E-state index is 12.4. The molecule has 156 valence electrons. The van der Waals surface area contributed by atoms with Crippen LogP contribution in [0.1, 0.15) is 24.2 Å². The number of anilines is 1. The maximum Gasteiger partial charge on any atom is 0.277 e. The molecule has 2 amide bonds. The molecule has 3 rings (SSSR count). The number of benzene rings is 2. The molecule has 0 aliphatic carbocycles. The maximum atomic E-state index is 12.4. The van der Waals surface area contributed by atoms with E-state index in [9.17, 15) is 9.59 Å². The van der Waals surface area contributed by atoms with Crippen molar-refractivity contribution >= 4 is 52.5 Å². The van der Waals surface area contributed by atoms with Gasteiger partial charge < -0.3 is 15.1 Å². The summed E-state index contributed by atoms with van der Waals surface area (Å²) in [5, 5.41) is 14.7. The summed E-state index contributed by atoms with van der Waals surface area (Å²) in [6.07, 6.45) is 0. The van der Waals surface area contributed by atoms with Gasteiger partial charge in [0.05, 0.1) is 17.0 Å². The number of carbonyl (C=O) groups is 2. The Balaban J connectivity index is 1.63. The summed E-state index contributed by atoms with van der Waals surface area (Å²) in [5.41, 5.74) is 1.39. The minimum atomic E-state index is -0.341. The summed E-state index contributed by atoms with van der Waals surface area (Å²) >= 11 is 13.0. The molecule has 0 atom stereocenters. The first-order valence-electron chi connectivity index (χ1n) is 8.94. The number of hydrogen-bond donors (Lipinski definition) is 2. The van der Waals surface area contributed by atoms with E-state index in [-0.39, 0.29) is 28.8 Å². The molecule has 0 fully saturated rings. The van der Waals surface area contributed by atoms with Gasteiger partial charge in [-0.05, 0) is 56.3 Å². The lowest BCUT2D eigenvalue weighted by atomic mass is 10.1. The summed E-state index contributed by atoms with van der Waals surface area (Å²) in [6.45, 7) is 3.71. The molecule has 1 heterocycles. The first-order chi connectivity index (χ1) is 14.3. The Morgan fingerprint density at radius 3 is 2.47 bits per heavy atom. The molecular formula is C20H18Cl2N4O3S. The highest BCUT2D eigenvalue weighted by molar-refractivity contribution is 7.99. The number of thioether (sulfide) groups is 1. The molecule has 0 aliphatic heterocycles. The number of aromatic nitrogens is 2. The van der Waals surface area contributed by atoms with E-state index in [0.29, 0.717) is 27.2 Å². The van der Waals surface area contributed by atoms with Gasteiger partial charge in [-0.25, -0.2) is 0 Å². The van der Waals surface area contributed by atoms with Crippen LogP contribution in [0.15, 0.2) is 52.1 Å². The third-order valence-electron chi connectivity index (χ3n) is 3.74. The molecule has 0 spiro atoms. The highest BCUT2D eigenvalue weighted by atomic mass is 35.5. The first kappa shape index (κ1) is 22.1. The SMILES string of the molecule is CC(C)NC(=O)c1ccc(Cl)cc1NC(=O)CSc1nnc(-c2ccc(Cl)cc2)o1. The van der Waals surface area contributed by atoms with Crippen LogP contribution in [0.25, 0.3) is 11.5 Å². The Labute approximate surface area is 187 Å². The normalized spacial score (nSPS) is 10.8. The number of hydrogen-bond acceptors (Lipinski definition) is 6. The Bertz CT molecular complexity index is 1050. The van der Waals surface area contributed by atoms with Gasteiger partial charge in [0.15, 0.2) is 0 Å². The molecule has 30 heavy (non-hydrogen) atoms. The van der Waals surface area contributed by atoms with E-state index in [1.165, 1.54) is 6.07 Å². The van der Waals surface area contributed by atoms with Crippen molar-refractivity contribution in [1.29, 1.82) is 0 Å². The van der Waals surface area contributed by atoms with Crippen molar-refractivity contribution in [3.05, 3.63) is 58.1 Å². The molecule has 0 saturated carbocycles. The Kier molecular flexibility index (Phi) is 7.36. The number of nitrogens with one attached hydrogen (secondary N) is 2. The summed E-state index contributed by atoms with van der Waals surface area (Å²) < 4.78 is 5.57. The minimum absolute atomic E-state index is 0.0139. The average molecular weight is 465 g/mol. The first-order valence-corrected chi connectivity index (χ1v) is 10.7. The van der Waals surface area contributed by atoms with Gasteiger partial charge in [0.1, 0.15) is 0 Å². The molecule has 3 aromatic rings. The average Bonchev–Trinajstić information content (AvgIpc) is 3.15. The standard InChI is InChI=1S/C20H18Cl2N4O3S/c1-11(2)23-18(28)15-8-7-14(22)9-16(15)24-17(27)10-30-20-26-25-19(29-20)12-3-5-13(21)6-4-12/h3-9,11H,10H2,1-2H3,(H,23,28)(H,24,27). The minimum Gasteiger partial charge on any atom is -0.411 e. The van der Waals surface area contributed by atoms with Crippen molar-refractivity contribution in [2.75, 3.05) is 11.1 Å². The van der Waals surface area contributed by atoms with E-state index < -0.39 is 0 Å². The molecule has 2 N–H and O–H groups in total. The molecule has 2 aromatic carbocycles. The van der Waals surface area contributed by atoms with Crippen LogP contribution in [-0.4, -0.2) is 33.8 Å². The van der Waals surface area contributed by atoms with Crippen LogP contribution >= 0.6 is 35.0 Å². The second-order valence-corrected chi connectivity index (χ2v) is 8.33. The summed E-state index contributed by atoms with van der Waals surface area (Å²) in [5.74, 6) is -0.293. The number of nitrogens with zero attached hydrogens (tertiary/aromatic N) is 2. The lowest BCUT2D eigenvalue weighted by molar-refractivity contribution is -0.113. The van der Waals surface area contributed by atoms with Gasteiger partial charge >= 0.3 is 0 Å². The van der Waals surface area contributed by atoms with E-state index in [1.807, 2.05) is 13.8 Å². The third-order valence-corrected chi connectivity index (χ3v) is 5.05. The zero-order valence-corrected chi connectivity index (χ0v) is 18.4. The van der Waals surface area contributed by atoms with Crippen molar-refractivity contribution in [3.63, 3.8) is 0 Å². The second kappa shape index (κ2) is 9.97. The molecule has 10 heteroatoms. The molecule has 7 nitrogen and oxygen atoms in total. The lowest BCUT2D eigenvalue weighted by Gasteiger charge is -2.13. The molecule has 0 unspecified atom stereocenters.